The Morgan fingerprint density at radius 2 is 1.07 bits per heavy atom. The van der Waals surface area contributed by atoms with Gasteiger partial charge in [-0.15, -0.1) is 0 Å². The molecule has 7 heteroatoms. The van der Waals surface area contributed by atoms with Crippen molar-refractivity contribution in [2.24, 2.45) is 5.41 Å². The number of hydrogen-bond donors (Lipinski definition) is 6. The third kappa shape index (κ3) is 1.93. The highest BCUT2D eigenvalue weighted by Crippen LogP contribution is 2.42. The summed E-state index contributed by atoms with van der Waals surface area (Å²) < 4.78 is 0. The fraction of sp³-hybridized carbons (Fsp3) is 1.00. The van der Waals surface area contributed by atoms with E-state index in [0.29, 0.717) is 0 Å². The Bertz CT molecular complexity index is 172. The van der Waals surface area contributed by atoms with Crippen LogP contribution in [0.3, 0.4) is 0 Å². The van der Waals surface area contributed by atoms with Gasteiger partial charge < -0.3 is 30.6 Å². The van der Waals surface area contributed by atoms with Crippen molar-refractivity contribution in [1.29, 1.82) is 0 Å². The van der Waals surface area contributed by atoms with Gasteiger partial charge in [0.1, 0.15) is 0 Å². The fourth-order valence-electron chi connectivity index (χ4n) is 1.53. The lowest BCUT2D eigenvalue weighted by Gasteiger charge is -2.50. The van der Waals surface area contributed by atoms with E-state index < -0.39 is 22.7 Å². The Labute approximate surface area is 82.8 Å². The van der Waals surface area contributed by atoms with Gasteiger partial charge in [0, 0.05) is 5.41 Å². The van der Waals surface area contributed by atoms with Crippen LogP contribution in [0.25, 0.3) is 0 Å². The van der Waals surface area contributed by atoms with Crippen molar-refractivity contribution in [2.45, 2.75) is 38.0 Å². The van der Waals surface area contributed by atoms with Gasteiger partial charge in [-0.1, -0.05) is 20.8 Å². The summed E-state index contributed by atoms with van der Waals surface area (Å²) in [7, 11) is 0.746. The van der Waals surface area contributed by atoms with E-state index in [1.807, 2.05) is 0 Å². The zero-order valence-electron chi connectivity index (χ0n) is 8.68. The molecular weight excluding hydrogens is 191 g/mol. The number of hydrogen-bond acceptors (Lipinski definition) is 6. The van der Waals surface area contributed by atoms with Crippen molar-refractivity contribution in [3.8, 4) is 0 Å². The molecule has 0 amide bonds. The number of aliphatic hydroxyl groups is 6. The van der Waals surface area contributed by atoms with Crippen molar-refractivity contribution in [3.05, 3.63) is 0 Å². The maximum absolute atomic E-state index is 9.77. The van der Waals surface area contributed by atoms with Crippen LogP contribution >= 0.6 is 0 Å². The molecular formula is C7H17BO6. The lowest BCUT2D eigenvalue weighted by Crippen LogP contribution is -2.74. The van der Waals surface area contributed by atoms with E-state index >= 15 is 0 Å². The van der Waals surface area contributed by atoms with E-state index in [-0.39, 0.29) is 0 Å². The zero-order chi connectivity index (χ0) is 12.0. The first-order chi connectivity index (χ1) is 5.75. The summed E-state index contributed by atoms with van der Waals surface area (Å²) in [5, 5.41) is 55.1. The lowest BCUT2D eigenvalue weighted by molar-refractivity contribution is -0.454. The smallest absolute Gasteiger partial charge is 0.311 e. The SMILES string of the molecule is BC(O)(O)C(O)(C(C)(C)C)C(O)(O)O. The first kappa shape index (κ1) is 13.8. The second-order valence-electron chi connectivity index (χ2n) is 4.62. The highest BCUT2D eigenvalue weighted by atomic mass is 16.7. The molecule has 0 spiro atoms. The van der Waals surface area contributed by atoms with Crippen LogP contribution in [0.5, 0.6) is 0 Å². The van der Waals surface area contributed by atoms with Crippen LogP contribution in [-0.4, -0.2) is 55.7 Å². The number of rotatable bonds is 2. The van der Waals surface area contributed by atoms with E-state index in [2.05, 4.69) is 0 Å². The average molecular weight is 208 g/mol. The largest absolute Gasteiger partial charge is 0.377 e. The molecule has 6 nitrogen and oxygen atoms in total. The van der Waals surface area contributed by atoms with Crippen molar-refractivity contribution in [2.75, 3.05) is 0 Å². The van der Waals surface area contributed by atoms with Gasteiger partial charge in [-0.3, -0.25) is 0 Å². The topological polar surface area (TPSA) is 121 Å². The summed E-state index contributed by atoms with van der Waals surface area (Å²) in [5.74, 6) is -3.62. The summed E-state index contributed by atoms with van der Waals surface area (Å²) in [4.78, 5) is 0. The molecule has 1 atom stereocenters. The third-order valence-corrected chi connectivity index (χ3v) is 2.26. The molecule has 0 aromatic carbocycles. The highest BCUT2D eigenvalue weighted by Gasteiger charge is 2.65. The molecule has 0 aliphatic rings. The molecule has 14 heavy (non-hydrogen) atoms. The Morgan fingerprint density at radius 1 is 0.786 bits per heavy atom. The van der Waals surface area contributed by atoms with E-state index in [1.165, 1.54) is 20.8 Å². The second kappa shape index (κ2) is 3.16. The molecule has 1 unspecified atom stereocenters. The van der Waals surface area contributed by atoms with Gasteiger partial charge in [-0.05, 0) is 0 Å². The first-order valence-electron chi connectivity index (χ1n) is 4.09. The molecule has 0 aliphatic heterocycles. The molecule has 0 aliphatic carbocycles. The summed E-state index contributed by atoms with van der Waals surface area (Å²) in [6.07, 6.45) is 0. The molecule has 0 aromatic heterocycles. The van der Waals surface area contributed by atoms with Gasteiger partial charge in [0.15, 0.2) is 19.1 Å². The van der Waals surface area contributed by atoms with Crippen molar-refractivity contribution < 1.29 is 30.6 Å². The Kier molecular flexibility index (Phi) is 3.12. The minimum atomic E-state index is -3.62. The van der Waals surface area contributed by atoms with Crippen LogP contribution in [0.2, 0.25) is 0 Å². The molecule has 84 valence electrons. The Balaban J connectivity index is 5.54. The molecule has 6 N–H and O–H groups in total. The predicted molar refractivity (Wildman–Crippen MR) is 49.5 cm³/mol. The third-order valence-electron chi connectivity index (χ3n) is 2.26. The van der Waals surface area contributed by atoms with E-state index in [4.69, 9.17) is 15.3 Å². The Hall–Kier alpha value is -0.175. The van der Waals surface area contributed by atoms with Crippen LogP contribution in [0.4, 0.5) is 0 Å². The summed E-state index contributed by atoms with van der Waals surface area (Å²) >= 11 is 0. The van der Waals surface area contributed by atoms with Gasteiger partial charge in [0.2, 0.25) is 0 Å². The van der Waals surface area contributed by atoms with Crippen molar-refractivity contribution in [3.63, 3.8) is 0 Å². The van der Waals surface area contributed by atoms with Crippen molar-refractivity contribution >= 4 is 7.85 Å². The summed E-state index contributed by atoms with van der Waals surface area (Å²) in [6.45, 7) is 3.94. The van der Waals surface area contributed by atoms with Crippen LogP contribution in [0.1, 0.15) is 20.8 Å². The summed E-state index contributed by atoms with van der Waals surface area (Å²) in [5.41, 5.74) is -7.15. The normalized spacial score (nSPS) is 19.2. The molecule has 0 fully saturated rings. The second-order valence-corrected chi connectivity index (χ2v) is 4.62. The lowest BCUT2D eigenvalue weighted by atomic mass is 9.63. The van der Waals surface area contributed by atoms with E-state index in [9.17, 15) is 15.3 Å². The van der Waals surface area contributed by atoms with E-state index in [1.54, 1.807) is 0 Å². The minimum absolute atomic E-state index is 0.746. The first-order valence-corrected chi connectivity index (χ1v) is 4.09. The molecule has 0 saturated heterocycles. The maximum Gasteiger partial charge on any atom is 0.311 e. The van der Waals surface area contributed by atoms with Gasteiger partial charge in [-0.25, -0.2) is 0 Å². The molecule has 0 radical (unpaired) electrons. The monoisotopic (exact) mass is 208 g/mol. The van der Waals surface area contributed by atoms with Crippen LogP contribution in [0.15, 0.2) is 0 Å². The van der Waals surface area contributed by atoms with Crippen LogP contribution < -0.4 is 0 Å². The van der Waals surface area contributed by atoms with Crippen LogP contribution in [0, 0.1) is 5.41 Å². The predicted octanol–water partition coefficient (Wildman–Crippen LogP) is -3.33. The average Bonchev–Trinajstić information content (AvgIpc) is 1.77. The van der Waals surface area contributed by atoms with Gasteiger partial charge in [0.25, 0.3) is 0 Å². The standard InChI is InChI=1S/C7H17BO6/c1-4(2,3)5(9,6(8,10)11)7(12,13)14/h9-14H,8H2,1-3H3. The molecule has 0 aromatic rings. The van der Waals surface area contributed by atoms with Gasteiger partial charge >= 0.3 is 5.97 Å². The highest BCUT2D eigenvalue weighted by molar-refractivity contribution is 6.14. The Morgan fingerprint density at radius 3 is 1.07 bits per heavy atom. The summed E-state index contributed by atoms with van der Waals surface area (Å²) in [6, 6.07) is 0. The minimum Gasteiger partial charge on any atom is -0.377 e. The molecule has 0 bridgehead atoms. The van der Waals surface area contributed by atoms with Gasteiger partial charge in [0.05, 0.1) is 0 Å². The van der Waals surface area contributed by atoms with Crippen LogP contribution in [-0.2, 0) is 0 Å². The van der Waals surface area contributed by atoms with Crippen molar-refractivity contribution in [1.82, 2.24) is 0 Å². The van der Waals surface area contributed by atoms with Gasteiger partial charge in [-0.2, -0.15) is 0 Å². The van der Waals surface area contributed by atoms with E-state index in [0.717, 1.165) is 7.85 Å². The molecule has 0 heterocycles. The zero-order valence-corrected chi connectivity index (χ0v) is 8.68. The molecule has 0 saturated carbocycles. The quantitative estimate of drug-likeness (QED) is 0.208. The maximum atomic E-state index is 9.77. The fourth-order valence-corrected chi connectivity index (χ4v) is 1.53. The molecule has 0 rings (SSSR count).